The largest absolute Gasteiger partial charge is 0.542 e. The van der Waals surface area contributed by atoms with E-state index in [2.05, 4.69) is 4.74 Å². The smallest absolute Gasteiger partial charge is 0.430 e. The molecule has 0 rings (SSSR count). The van der Waals surface area contributed by atoms with Crippen molar-refractivity contribution >= 4 is 43.9 Å². The van der Waals surface area contributed by atoms with Crippen molar-refractivity contribution in [2.75, 3.05) is 6.61 Å². The summed E-state index contributed by atoms with van der Waals surface area (Å²) in [5.74, 6) is -3.01. The van der Waals surface area contributed by atoms with Crippen molar-refractivity contribution in [2.45, 2.75) is 24.5 Å². The standard InChI is InChI=1S/C3H5O2.C2HF3O2.C2H5.2ClH.Sn/c1-2-5-3-4;3-2(4,5)1(6)7;1-2;;;/h2H2,1H3;(H,6,7);1H2,2H3;2*1H;/q;;;;;+2/p-3. The molecule has 0 aliphatic rings. The van der Waals surface area contributed by atoms with Gasteiger partial charge in [0, 0.05) is 0 Å². The molecule has 0 saturated carbocycles. The van der Waals surface area contributed by atoms with Gasteiger partial charge in [0.25, 0.3) is 0 Å². The number of carboxylic acid groups (broad SMARTS) is 1. The average molecular weight is 405 g/mol. The molecule has 0 spiro atoms. The van der Waals surface area contributed by atoms with Crippen LogP contribution in [0.2, 0.25) is 4.44 Å². The maximum atomic E-state index is 10.9. The predicted molar refractivity (Wildman–Crippen MR) is 56.0 cm³/mol. The minimum Gasteiger partial charge on any atom is -0.542 e. The first-order chi connectivity index (χ1) is 7.49. The Morgan fingerprint density at radius 3 is 1.82 bits per heavy atom. The Hall–Kier alpha value is 0.109. The zero-order valence-electron chi connectivity index (χ0n) is 8.94. The maximum absolute atomic E-state index is 10.9. The Morgan fingerprint density at radius 2 is 1.65 bits per heavy atom. The molecule has 0 aliphatic heterocycles. The summed E-state index contributed by atoms with van der Waals surface area (Å²) in [6.45, 7) is 3.91. The van der Waals surface area contributed by atoms with Gasteiger partial charge in [-0.3, -0.25) is 0 Å². The van der Waals surface area contributed by atoms with E-state index < -0.39 is 28.3 Å². The molecule has 0 bridgehead atoms. The molecular formula is C7H10Cl2F3O4Sn-. The first-order valence-electron chi connectivity index (χ1n) is 4.32. The molecule has 0 N–H and O–H groups in total. The summed E-state index contributed by atoms with van der Waals surface area (Å²) in [4.78, 5) is 19.7. The summed E-state index contributed by atoms with van der Waals surface area (Å²) in [5.41, 5.74) is 0. The van der Waals surface area contributed by atoms with Gasteiger partial charge in [0.1, 0.15) is 5.97 Å². The van der Waals surface area contributed by atoms with Gasteiger partial charge in [-0.2, -0.15) is 13.2 Å². The van der Waals surface area contributed by atoms with E-state index in [1.807, 2.05) is 6.92 Å². The first kappa shape index (κ1) is 19.4. The molecule has 0 saturated heterocycles. The van der Waals surface area contributed by atoms with E-state index >= 15 is 0 Å². The molecular weight excluding hydrogens is 395 g/mol. The molecule has 0 aromatic heterocycles. The van der Waals surface area contributed by atoms with Crippen molar-refractivity contribution in [3.63, 3.8) is 0 Å². The van der Waals surface area contributed by atoms with Crippen molar-refractivity contribution in [1.82, 2.24) is 0 Å². The van der Waals surface area contributed by atoms with Crippen molar-refractivity contribution in [3.05, 3.63) is 0 Å². The molecule has 0 radical (unpaired) electrons. The van der Waals surface area contributed by atoms with Crippen LogP contribution in [0.3, 0.4) is 0 Å². The number of halogens is 5. The Bertz CT molecular complexity index is 270. The number of alkyl halides is 3. The fraction of sp³-hybridized carbons (Fsp3) is 0.714. The molecule has 17 heavy (non-hydrogen) atoms. The van der Waals surface area contributed by atoms with E-state index in [9.17, 15) is 18.0 Å². The maximum Gasteiger partial charge on any atom is 0.430 e. The molecule has 4 nitrogen and oxygen atoms in total. The molecule has 0 aliphatic carbocycles. The molecule has 0 heterocycles. The van der Waals surface area contributed by atoms with Gasteiger partial charge in [-0.15, -0.1) is 0 Å². The molecule has 0 aromatic carbocycles. The molecule has 102 valence electrons. The van der Waals surface area contributed by atoms with Gasteiger partial charge in [-0.25, -0.2) is 0 Å². The molecule has 0 fully saturated rings. The molecule has 0 aromatic rings. The van der Waals surface area contributed by atoms with Crippen LogP contribution in [0.4, 0.5) is 18.0 Å². The van der Waals surface area contributed by atoms with Gasteiger partial charge in [0.15, 0.2) is 0 Å². The first-order valence-corrected chi connectivity index (χ1v) is 15.0. The van der Waals surface area contributed by atoms with Crippen molar-refractivity contribution < 1.29 is 32.6 Å². The van der Waals surface area contributed by atoms with E-state index in [0.717, 1.165) is 0 Å². The fourth-order valence-corrected chi connectivity index (χ4v) is 2.95. The minimum atomic E-state index is -5.19. The SMILES string of the molecule is CCO[C](=O)[Sn]([Cl])([Cl])[CH2]C.O=C([O-])C(F)(F)F. The van der Waals surface area contributed by atoms with Gasteiger partial charge in [0.05, 0.1) is 0 Å². The number of carboxylic acids is 1. The van der Waals surface area contributed by atoms with Crippen molar-refractivity contribution in [1.29, 1.82) is 0 Å². The number of aliphatic carboxylic acids is 1. The second-order valence-electron chi connectivity index (χ2n) is 2.56. The number of ether oxygens (including phenoxy) is 1. The Morgan fingerprint density at radius 1 is 1.29 bits per heavy atom. The van der Waals surface area contributed by atoms with Crippen LogP contribution < -0.4 is 5.11 Å². The predicted octanol–water partition coefficient (Wildman–Crippen LogP) is 1.96. The van der Waals surface area contributed by atoms with Crippen LogP contribution in [0.25, 0.3) is 0 Å². The second-order valence-corrected chi connectivity index (χ2v) is 19.7. The van der Waals surface area contributed by atoms with E-state index in [1.165, 1.54) is 0 Å². The number of carbonyl (C=O) groups excluding carboxylic acids is 2. The number of hydrogen-bond acceptors (Lipinski definition) is 4. The van der Waals surface area contributed by atoms with Crippen LogP contribution in [0.1, 0.15) is 13.8 Å². The van der Waals surface area contributed by atoms with Gasteiger partial charge in [0.2, 0.25) is 0 Å². The van der Waals surface area contributed by atoms with Crippen LogP contribution in [-0.2, 0) is 9.53 Å². The van der Waals surface area contributed by atoms with E-state index in [1.54, 1.807) is 6.92 Å². The van der Waals surface area contributed by atoms with Gasteiger partial charge in [-0.05, 0) is 0 Å². The normalized spacial score (nSPS) is 11.2. The zero-order chi connectivity index (χ0) is 14.3. The van der Waals surface area contributed by atoms with Crippen molar-refractivity contribution in [3.8, 4) is 0 Å². The van der Waals surface area contributed by atoms with E-state index in [4.69, 9.17) is 27.7 Å². The monoisotopic (exact) mass is 405 g/mol. The van der Waals surface area contributed by atoms with Crippen molar-refractivity contribution in [2.24, 2.45) is 0 Å². The average Bonchev–Trinajstić information content (AvgIpc) is 2.17. The summed E-state index contributed by atoms with van der Waals surface area (Å²) in [6, 6.07) is 0. The summed E-state index contributed by atoms with van der Waals surface area (Å²) in [5, 5.41) is 8.78. The van der Waals surface area contributed by atoms with Crippen LogP contribution in [0.15, 0.2) is 0 Å². The number of rotatable bonds is 3. The van der Waals surface area contributed by atoms with Gasteiger partial charge < -0.3 is 9.90 Å². The number of hydrogen-bond donors (Lipinski definition) is 0. The minimum absolute atomic E-state index is 0.358. The fourth-order valence-electron chi connectivity index (χ4n) is 0.381. The Labute approximate surface area is 107 Å². The third-order valence-corrected chi connectivity index (χ3v) is 11.6. The Kier molecular flexibility index (Phi) is 9.44. The second kappa shape index (κ2) is 8.25. The zero-order valence-corrected chi connectivity index (χ0v) is 13.3. The quantitative estimate of drug-likeness (QED) is 0.674. The molecule has 0 atom stereocenters. The van der Waals surface area contributed by atoms with E-state index in [0.29, 0.717) is 11.0 Å². The third kappa shape index (κ3) is 9.78. The van der Waals surface area contributed by atoms with Gasteiger partial charge >= 0.3 is 78.5 Å². The summed E-state index contributed by atoms with van der Waals surface area (Å²) < 4.78 is 36.4. The Balaban J connectivity index is 0. The molecule has 0 amide bonds. The van der Waals surface area contributed by atoms with Crippen LogP contribution >= 0.6 is 17.8 Å². The molecule has 0 unspecified atom stereocenters. The summed E-state index contributed by atoms with van der Waals surface area (Å²) in [6.07, 6.45) is -5.19. The third-order valence-electron chi connectivity index (χ3n) is 1.25. The van der Waals surface area contributed by atoms with Crippen LogP contribution in [0, 0.1) is 0 Å². The summed E-state index contributed by atoms with van der Waals surface area (Å²) in [7, 11) is 11.5. The van der Waals surface area contributed by atoms with Crippen LogP contribution in [-0.4, -0.2) is 38.9 Å². The summed E-state index contributed by atoms with van der Waals surface area (Å²) >= 11 is -3.41. The number of carbonyl (C=O) groups is 2. The topological polar surface area (TPSA) is 66.4 Å². The molecule has 10 heteroatoms. The van der Waals surface area contributed by atoms with Gasteiger partial charge in [-0.1, -0.05) is 0 Å². The van der Waals surface area contributed by atoms with Crippen LogP contribution in [0.5, 0.6) is 0 Å². The van der Waals surface area contributed by atoms with E-state index in [-0.39, 0.29) is 3.99 Å².